The molecule has 0 aliphatic rings. The smallest absolute Gasteiger partial charge is 0.388 e. The number of hydrogen-bond acceptors (Lipinski definition) is 3. The van der Waals surface area contributed by atoms with E-state index in [0.29, 0.717) is 6.07 Å². The van der Waals surface area contributed by atoms with Gasteiger partial charge in [0.05, 0.1) is 11.3 Å². The summed E-state index contributed by atoms with van der Waals surface area (Å²) in [7, 11) is 0. The number of ether oxygens (including phenoxy) is 1. The zero-order chi connectivity index (χ0) is 14.1. The van der Waals surface area contributed by atoms with Crippen molar-refractivity contribution in [3.8, 4) is 5.88 Å². The van der Waals surface area contributed by atoms with Crippen LogP contribution in [0.15, 0.2) is 6.07 Å². The molecule has 2 N–H and O–H groups in total. The van der Waals surface area contributed by atoms with Crippen LogP contribution in [0.5, 0.6) is 5.88 Å². The summed E-state index contributed by atoms with van der Waals surface area (Å²) in [5, 5.41) is 0. The lowest BCUT2D eigenvalue weighted by molar-refractivity contribution is -0.276. The summed E-state index contributed by atoms with van der Waals surface area (Å²) in [6.45, 7) is -0.653. The van der Waals surface area contributed by atoms with E-state index >= 15 is 0 Å². The Morgan fingerprint density at radius 3 is 2.17 bits per heavy atom. The van der Waals surface area contributed by atoms with E-state index in [1.165, 1.54) is 22.6 Å². The van der Waals surface area contributed by atoms with E-state index in [-0.39, 0.29) is 0 Å². The summed E-state index contributed by atoms with van der Waals surface area (Å²) in [6.07, 6.45) is -9.77. The van der Waals surface area contributed by atoms with Crippen LogP contribution in [0.2, 0.25) is 0 Å². The van der Waals surface area contributed by atoms with Crippen molar-refractivity contribution in [1.29, 1.82) is 0 Å². The van der Waals surface area contributed by atoms with Crippen molar-refractivity contribution in [2.75, 3.05) is 0 Å². The summed E-state index contributed by atoms with van der Waals surface area (Å²) in [4.78, 5) is 3.11. The minimum Gasteiger partial charge on any atom is -0.388 e. The van der Waals surface area contributed by atoms with Gasteiger partial charge in [0.25, 0.3) is 0 Å². The zero-order valence-corrected chi connectivity index (χ0v) is 10.5. The highest BCUT2D eigenvalue weighted by Crippen LogP contribution is 2.36. The topological polar surface area (TPSA) is 48.1 Å². The van der Waals surface area contributed by atoms with Crippen molar-refractivity contribution >= 4 is 22.6 Å². The predicted octanol–water partition coefficient (Wildman–Crippen LogP) is 3.06. The molecule has 18 heavy (non-hydrogen) atoms. The van der Waals surface area contributed by atoms with E-state index in [2.05, 4.69) is 9.72 Å². The molecule has 10 heteroatoms. The van der Waals surface area contributed by atoms with Crippen LogP contribution in [0.3, 0.4) is 0 Å². The molecule has 1 aromatic rings. The van der Waals surface area contributed by atoms with Crippen LogP contribution in [0.25, 0.3) is 0 Å². The number of hydrogen-bond donors (Lipinski definition) is 1. The highest BCUT2D eigenvalue weighted by molar-refractivity contribution is 14.1. The van der Waals surface area contributed by atoms with E-state index < -0.39 is 39.8 Å². The second-order valence-electron chi connectivity index (χ2n) is 3.01. The maximum atomic E-state index is 12.6. The maximum Gasteiger partial charge on any atom is 0.574 e. The van der Waals surface area contributed by atoms with Crippen molar-refractivity contribution in [2.45, 2.75) is 19.1 Å². The van der Waals surface area contributed by atoms with Crippen LogP contribution in [0.1, 0.15) is 11.3 Å². The number of nitrogens with zero attached hydrogens (tertiary/aromatic N) is 1. The van der Waals surface area contributed by atoms with Gasteiger partial charge in [-0.05, 0) is 22.6 Å². The molecular weight excluding hydrogens is 381 g/mol. The average molecular weight is 386 g/mol. The number of aromatic nitrogens is 1. The monoisotopic (exact) mass is 386 g/mol. The lowest BCUT2D eigenvalue weighted by atomic mass is 10.2. The Kier molecular flexibility index (Phi) is 4.30. The van der Waals surface area contributed by atoms with Crippen LogP contribution >= 0.6 is 22.6 Å². The van der Waals surface area contributed by atoms with Crippen molar-refractivity contribution in [3.05, 3.63) is 20.9 Å². The third-order valence-corrected chi connectivity index (χ3v) is 2.57. The molecule has 0 unspecified atom stereocenters. The molecule has 0 aromatic carbocycles. The number of halogens is 7. The van der Waals surface area contributed by atoms with Gasteiger partial charge in [-0.15, -0.1) is 13.2 Å². The SMILES string of the molecule is NCc1nc(OC(F)(F)F)cc(I)c1C(F)(F)F. The molecule has 0 bridgehead atoms. The Morgan fingerprint density at radius 2 is 1.78 bits per heavy atom. The van der Waals surface area contributed by atoms with Crippen molar-refractivity contribution in [1.82, 2.24) is 4.98 Å². The van der Waals surface area contributed by atoms with E-state index in [4.69, 9.17) is 5.73 Å². The fourth-order valence-electron chi connectivity index (χ4n) is 1.16. The van der Waals surface area contributed by atoms with Gasteiger partial charge in [-0.1, -0.05) is 0 Å². The van der Waals surface area contributed by atoms with Gasteiger partial charge < -0.3 is 10.5 Å². The van der Waals surface area contributed by atoms with E-state index in [0.717, 1.165) is 0 Å². The molecule has 0 saturated heterocycles. The second kappa shape index (κ2) is 5.07. The van der Waals surface area contributed by atoms with E-state index in [1.807, 2.05) is 0 Å². The third kappa shape index (κ3) is 3.86. The molecule has 1 rings (SSSR count). The summed E-state index contributed by atoms with van der Waals surface area (Å²) < 4.78 is 76.6. The Hall–Kier alpha value is -0.780. The number of nitrogens with two attached hydrogens (primary N) is 1. The molecule has 1 aromatic heterocycles. The molecule has 0 atom stereocenters. The quantitative estimate of drug-likeness (QED) is 0.628. The molecule has 0 radical (unpaired) electrons. The number of alkyl halides is 6. The summed E-state index contributed by atoms with van der Waals surface area (Å²) >= 11 is 1.25. The van der Waals surface area contributed by atoms with Gasteiger partial charge in [0.1, 0.15) is 0 Å². The molecule has 0 spiro atoms. The second-order valence-corrected chi connectivity index (χ2v) is 4.18. The summed E-state index contributed by atoms with van der Waals surface area (Å²) in [5.41, 5.74) is 3.19. The Balaban J connectivity index is 3.28. The van der Waals surface area contributed by atoms with Gasteiger partial charge in [0, 0.05) is 16.2 Å². The standard InChI is InChI=1S/C8H5F6IN2O/c9-7(10,11)6-3(15)1-5(17-4(6)2-16)18-8(12,13)14/h1H,2,16H2. The van der Waals surface area contributed by atoms with Crippen LogP contribution in [0.4, 0.5) is 26.3 Å². The first kappa shape index (κ1) is 15.3. The van der Waals surface area contributed by atoms with Gasteiger partial charge in [0.15, 0.2) is 0 Å². The molecule has 0 saturated carbocycles. The third-order valence-electron chi connectivity index (χ3n) is 1.72. The molecule has 0 aliphatic carbocycles. The molecule has 3 nitrogen and oxygen atoms in total. The van der Waals surface area contributed by atoms with Gasteiger partial charge in [-0.2, -0.15) is 13.2 Å². The van der Waals surface area contributed by atoms with E-state index in [1.54, 1.807) is 0 Å². The van der Waals surface area contributed by atoms with Crippen LogP contribution < -0.4 is 10.5 Å². The molecule has 102 valence electrons. The van der Waals surface area contributed by atoms with Crippen molar-refractivity contribution in [3.63, 3.8) is 0 Å². The summed E-state index contributed by atoms with van der Waals surface area (Å²) in [6, 6.07) is 0.552. The first-order valence-electron chi connectivity index (χ1n) is 4.27. The number of rotatable bonds is 2. The van der Waals surface area contributed by atoms with Crippen LogP contribution in [-0.4, -0.2) is 11.3 Å². The largest absolute Gasteiger partial charge is 0.574 e. The van der Waals surface area contributed by atoms with Gasteiger partial charge in [-0.25, -0.2) is 4.98 Å². The Labute approximate surface area is 110 Å². The van der Waals surface area contributed by atoms with Gasteiger partial charge in [-0.3, -0.25) is 0 Å². The first-order chi connectivity index (χ1) is 8.04. The summed E-state index contributed by atoms with van der Waals surface area (Å²) in [5.74, 6) is -0.972. The molecule has 0 fully saturated rings. The Morgan fingerprint density at radius 1 is 1.22 bits per heavy atom. The fourth-order valence-corrected chi connectivity index (χ4v) is 2.04. The fraction of sp³-hybridized carbons (Fsp3) is 0.375. The molecule has 0 aliphatic heterocycles. The van der Waals surface area contributed by atoms with Crippen molar-refractivity contribution in [2.24, 2.45) is 5.73 Å². The average Bonchev–Trinajstić information content (AvgIpc) is 2.11. The number of pyridine rings is 1. The highest BCUT2D eigenvalue weighted by atomic mass is 127. The molecule has 0 amide bonds. The molecular formula is C8H5F6IN2O. The predicted molar refractivity (Wildman–Crippen MR) is 56.5 cm³/mol. The van der Waals surface area contributed by atoms with E-state index in [9.17, 15) is 26.3 Å². The minimum absolute atomic E-state index is 0.463. The van der Waals surface area contributed by atoms with Crippen LogP contribution in [0, 0.1) is 3.57 Å². The van der Waals surface area contributed by atoms with Crippen molar-refractivity contribution < 1.29 is 31.1 Å². The normalized spacial score (nSPS) is 12.7. The lowest BCUT2D eigenvalue weighted by Crippen LogP contribution is -2.21. The first-order valence-corrected chi connectivity index (χ1v) is 5.35. The van der Waals surface area contributed by atoms with Crippen LogP contribution in [-0.2, 0) is 12.7 Å². The molecule has 1 heterocycles. The lowest BCUT2D eigenvalue weighted by Gasteiger charge is -2.15. The van der Waals surface area contributed by atoms with Gasteiger partial charge >= 0.3 is 12.5 Å². The Bertz CT molecular complexity index is 444. The zero-order valence-electron chi connectivity index (χ0n) is 8.36. The highest BCUT2D eigenvalue weighted by Gasteiger charge is 2.38. The maximum absolute atomic E-state index is 12.6. The minimum atomic E-state index is -5.03. The van der Waals surface area contributed by atoms with Gasteiger partial charge in [0.2, 0.25) is 5.88 Å².